The van der Waals surface area contributed by atoms with Crippen molar-refractivity contribution in [3.8, 4) is 5.75 Å². The molecule has 0 aliphatic rings. The van der Waals surface area contributed by atoms with Crippen LogP contribution in [0.25, 0.3) is 0 Å². The highest BCUT2D eigenvalue weighted by Crippen LogP contribution is 2.25. The summed E-state index contributed by atoms with van der Waals surface area (Å²) in [5, 5.41) is 16.4. The molecule has 1 aromatic rings. The molecule has 0 aliphatic carbocycles. The summed E-state index contributed by atoms with van der Waals surface area (Å²) in [4.78, 5) is 21.8. The van der Waals surface area contributed by atoms with Crippen LogP contribution in [0.3, 0.4) is 0 Å². The Hall–Kier alpha value is -2.31. The number of rotatable bonds is 7. The van der Waals surface area contributed by atoms with E-state index in [1.54, 1.807) is 6.07 Å². The number of carbonyl (C=O) groups excluding carboxylic acids is 1. The fourth-order valence-corrected chi connectivity index (χ4v) is 1.47. The third kappa shape index (κ3) is 5.13. The summed E-state index contributed by atoms with van der Waals surface area (Å²) in [6, 6.07) is 4.28. The normalized spacial score (nSPS) is 10.2. The number of hydrogen-bond acceptors (Lipinski definition) is 5. The molecule has 7 heteroatoms. The molecule has 0 fully saturated rings. The summed E-state index contributed by atoms with van der Waals surface area (Å²) in [6.07, 6.45) is 0. The van der Waals surface area contributed by atoms with E-state index in [0.29, 0.717) is 23.9 Å². The lowest BCUT2D eigenvalue weighted by atomic mass is 10.2. The molecule has 0 heterocycles. The van der Waals surface area contributed by atoms with Crippen LogP contribution in [0, 0.1) is 16.0 Å². The van der Waals surface area contributed by atoms with Gasteiger partial charge in [0.15, 0.2) is 0 Å². The zero-order valence-electron chi connectivity index (χ0n) is 11.8. The smallest absolute Gasteiger partial charge is 0.275 e. The van der Waals surface area contributed by atoms with Crippen molar-refractivity contribution in [1.82, 2.24) is 5.32 Å². The van der Waals surface area contributed by atoms with E-state index in [2.05, 4.69) is 10.6 Å². The second kappa shape index (κ2) is 7.32. The molecule has 2 N–H and O–H groups in total. The van der Waals surface area contributed by atoms with Gasteiger partial charge in [0.05, 0.1) is 24.6 Å². The van der Waals surface area contributed by atoms with Crippen LogP contribution in [0.5, 0.6) is 5.75 Å². The van der Waals surface area contributed by atoms with E-state index in [1.807, 2.05) is 13.8 Å². The maximum atomic E-state index is 11.6. The molecule has 1 aromatic carbocycles. The quantitative estimate of drug-likeness (QED) is 0.587. The first-order valence-corrected chi connectivity index (χ1v) is 6.26. The number of nitrogens with zero attached hydrogens (tertiary/aromatic N) is 1. The van der Waals surface area contributed by atoms with E-state index in [1.165, 1.54) is 19.2 Å². The molecule has 7 nitrogen and oxygen atoms in total. The molecule has 110 valence electrons. The topological polar surface area (TPSA) is 93.5 Å². The Morgan fingerprint density at radius 2 is 2.10 bits per heavy atom. The minimum absolute atomic E-state index is 0.0526. The van der Waals surface area contributed by atoms with Crippen LogP contribution >= 0.6 is 0 Å². The van der Waals surface area contributed by atoms with Gasteiger partial charge >= 0.3 is 0 Å². The molecule has 20 heavy (non-hydrogen) atoms. The summed E-state index contributed by atoms with van der Waals surface area (Å²) in [7, 11) is 1.43. The largest absolute Gasteiger partial charge is 0.496 e. The van der Waals surface area contributed by atoms with Crippen molar-refractivity contribution < 1.29 is 14.5 Å². The number of carbonyl (C=O) groups is 1. The van der Waals surface area contributed by atoms with Gasteiger partial charge in [0.1, 0.15) is 5.75 Å². The molecular weight excluding hydrogens is 262 g/mol. The van der Waals surface area contributed by atoms with Crippen molar-refractivity contribution in [3.63, 3.8) is 0 Å². The number of ether oxygens (including phenoxy) is 1. The first-order chi connectivity index (χ1) is 9.42. The third-order valence-corrected chi connectivity index (χ3v) is 2.50. The zero-order chi connectivity index (χ0) is 15.1. The maximum Gasteiger partial charge on any atom is 0.275 e. The molecule has 0 aliphatic heterocycles. The molecule has 0 radical (unpaired) electrons. The molecule has 0 saturated heterocycles. The van der Waals surface area contributed by atoms with Gasteiger partial charge in [-0.1, -0.05) is 13.8 Å². The van der Waals surface area contributed by atoms with E-state index >= 15 is 0 Å². The Balaban J connectivity index is 2.65. The van der Waals surface area contributed by atoms with Crippen molar-refractivity contribution in [3.05, 3.63) is 28.3 Å². The summed E-state index contributed by atoms with van der Waals surface area (Å²) >= 11 is 0. The molecule has 1 rings (SSSR count). The van der Waals surface area contributed by atoms with Crippen molar-refractivity contribution in [2.45, 2.75) is 13.8 Å². The van der Waals surface area contributed by atoms with Gasteiger partial charge in [0, 0.05) is 24.4 Å². The van der Waals surface area contributed by atoms with Gasteiger partial charge in [0.25, 0.3) is 5.69 Å². The van der Waals surface area contributed by atoms with Crippen LogP contribution in [-0.4, -0.2) is 31.0 Å². The number of benzene rings is 1. The monoisotopic (exact) mass is 281 g/mol. The van der Waals surface area contributed by atoms with Crippen molar-refractivity contribution in [2.24, 2.45) is 5.92 Å². The second-order valence-corrected chi connectivity index (χ2v) is 4.73. The van der Waals surface area contributed by atoms with E-state index in [9.17, 15) is 14.9 Å². The van der Waals surface area contributed by atoms with Crippen LogP contribution < -0.4 is 15.4 Å². The minimum Gasteiger partial charge on any atom is -0.496 e. The Morgan fingerprint density at radius 3 is 2.65 bits per heavy atom. The Kier molecular flexibility index (Phi) is 5.76. The number of anilines is 1. The van der Waals surface area contributed by atoms with Crippen molar-refractivity contribution in [2.75, 3.05) is 25.5 Å². The van der Waals surface area contributed by atoms with Crippen LogP contribution in [-0.2, 0) is 4.79 Å². The highest BCUT2D eigenvalue weighted by Gasteiger charge is 2.11. The predicted molar refractivity (Wildman–Crippen MR) is 76.0 cm³/mol. The Morgan fingerprint density at radius 1 is 1.40 bits per heavy atom. The molecule has 0 saturated carbocycles. The molecule has 0 spiro atoms. The van der Waals surface area contributed by atoms with Gasteiger partial charge in [-0.3, -0.25) is 14.9 Å². The lowest BCUT2D eigenvalue weighted by Crippen LogP contribution is -2.32. The highest BCUT2D eigenvalue weighted by molar-refractivity contribution is 5.80. The lowest BCUT2D eigenvalue weighted by Gasteiger charge is -2.10. The van der Waals surface area contributed by atoms with Crippen LogP contribution in [0.1, 0.15) is 13.8 Å². The van der Waals surface area contributed by atoms with Crippen molar-refractivity contribution >= 4 is 17.3 Å². The number of non-ortho nitro benzene ring substituents is 1. The van der Waals surface area contributed by atoms with Crippen molar-refractivity contribution in [1.29, 1.82) is 0 Å². The van der Waals surface area contributed by atoms with E-state index in [0.717, 1.165) is 0 Å². The number of nitro benzene ring substituents is 1. The number of nitro groups is 1. The van der Waals surface area contributed by atoms with Gasteiger partial charge in [-0.25, -0.2) is 0 Å². The number of nitrogens with one attached hydrogen (secondary N) is 2. The molecular formula is C13H19N3O4. The summed E-state index contributed by atoms with van der Waals surface area (Å²) in [5.41, 5.74) is 0.380. The average molecular weight is 281 g/mol. The number of amides is 1. The van der Waals surface area contributed by atoms with E-state index in [4.69, 9.17) is 4.74 Å². The van der Waals surface area contributed by atoms with Crippen LogP contribution in [0.2, 0.25) is 0 Å². The minimum atomic E-state index is -0.507. The van der Waals surface area contributed by atoms with Gasteiger partial charge in [-0.05, 0) is 5.92 Å². The predicted octanol–water partition coefficient (Wildman–Crippen LogP) is 1.79. The fraction of sp³-hybridized carbons (Fsp3) is 0.462. The molecule has 0 bridgehead atoms. The number of hydrogen-bond donors (Lipinski definition) is 2. The zero-order valence-corrected chi connectivity index (χ0v) is 11.8. The van der Waals surface area contributed by atoms with Gasteiger partial charge < -0.3 is 15.4 Å². The molecule has 1 amide bonds. The summed E-state index contributed by atoms with van der Waals surface area (Å²) < 4.78 is 4.99. The SMILES string of the molecule is COc1cc(NCC(=O)NCC(C)C)cc([N+](=O)[O-])c1. The summed E-state index contributed by atoms with van der Waals surface area (Å²) in [6.45, 7) is 4.65. The second-order valence-electron chi connectivity index (χ2n) is 4.73. The van der Waals surface area contributed by atoms with Gasteiger partial charge in [-0.2, -0.15) is 0 Å². The average Bonchev–Trinajstić information content (AvgIpc) is 2.42. The fourth-order valence-electron chi connectivity index (χ4n) is 1.47. The Labute approximate surface area is 117 Å². The van der Waals surface area contributed by atoms with Gasteiger partial charge in [-0.15, -0.1) is 0 Å². The maximum absolute atomic E-state index is 11.6. The van der Waals surface area contributed by atoms with Crippen LogP contribution in [0.15, 0.2) is 18.2 Å². The highest BCUT2D eigenvalue weighted by atomic mass is 16.6. The third-order valence-electron chi connectivity index (χ3n) is 2.50. The first kappa shape index (κ1) is 15.7. The molecule has 0 unspecified atom stereocenters. The standard InChI is InChI=1S/C13H19N3O4/c1-9(2)7-15-13(17)8-14-10-4-11(16(18)19)6-12(5-10)20-3/h4-6,9,14H,7-8H2,1-3H3,(H,15,17). The summed E-state index contributed by atoms with van der Waals surface area (Å²) in [5.74, 6) is 0.574. The molecule has 0 aromatic heterocycles. The first-order valence-electron chi connectivity index (χ1n) is 6.26. The number of methoxy groups -OCH3 is 1. The van der Waals surface area contributed by atoms with E-state index < -0.39 is 4.92 Å². The lowest BCUT2D eigenvalue weighted by molar-refractivity contribution is -0.384. The Bertz CT molecular complexity index is 489. The van der Waals surface area contributed by atoms with E-state index in [-0.39, 0.29) is 18.1 Å². The van der Waals surface area contributed by atoms with Crippen LogP contribution in [0.4, 0.5) is 11.4 Å². The van der Waals surface area contributed by atoms with Gasteiger partial charge in [0.2, 0.25) is 5.91 Å². The molecule has 0 atom stereocenters.